The molecule has 1 aliphatic heterocycles. The molecule has 1 N–H and O–H groups in total. The lowest BCUT2D eigenvalue weighted by Crippen LogP contribution is -2.32. The molecule has 2 rings (SSSR count). The highest BCUT2D eigenvalue weighted by atomic mass is 32.1. The van der Waals surface area contributed by atoms with Gasteiger partial charge in [0, 0.05) is 13.1 Å². The van der Waals surface area contributed by atoms with E-state index in [1.165, 1.54) is 18.4 Å². The number of thiophene rings is 1. The van der Waals surface area contributed by atoms with Crippen LogP contribution in [0.15, 0.2) is 5.38 Å². The van der Waals surface area contributed by atoms with Crippen LogP contribution in [0.1, 0.15) is 28.1 Å². The van der Waals surface area contributed by atoms with Gasteiger partial charge in [-0.1, -0.05) is 0 Å². The number of carbonyl (C=O) groups excluding carboxylic acids is 2. The average Bonchev–Trinajstić information content (AvgIpc) is 2.99. The Morgan fingerprint density at radius 2 is 2.06 bits per heavy atom. The molecule has 0 spiro atoms. The summed E-state index contributed by atoms with van der Waals surface area (Å²) in [6.45, 7) is 3.42. The highest BCUT2D eigenvalue weighted by Crippen LogP contribution is 2.28. The van der Waals surface area contributed by atoms with Crippen molar-refractivity contribution in [3.8, 4) is 0 Å². The fourth-order valence-electron chi connectivity index (χ4n) is 1.95. The largest absolute Gasteiger partial charge is 0.465 e. The molecule has 6 heteroatoms. The maximum atomic E-state index is 12.0. The number of hydrogen-bond donors (Lipinski definition) is 1. The Morgan fingerprint density at radius 3 is 2.67 bits per heavy atom. The molecule has 0 atom stereocenters. The van der Waals surface area contributed by atoms with E-state index in [-0.39, 0.29) is 6.03 Å². The maximum absolute atomic E-state index is 12.0. The van der Waals surface area contributed by atoms with E-state index in [1.807, 2.05) is 12.3 Å². The summed E-state index contributed by atoms with van der Waals surface area (Å²) >= 11 is 1.29. The second-order valence-corrected chi connectivity index (χ2v) is 5.12. The van der Waals surface area contributed by atoms with E-state index in [1.54, 1.807) is 4.90 Å². The Labute approximate surface area is 110 Å². The molecule has 0 unspecified atom stereocenters. The predicted molar refractivity (Wildman–Crippen MR) is 70.2 cm³/mol. The lowest BCUT2D eigenvalue weighted by atomic mass is 10.2. The molecule has 1 aliphatic rings. The summed E-state index contributed by atoms with van der Waals surface area (Å²) in [5, 5.41) is 4.65. The summed E-state index contributed by atoms with van der Waals surface area (Å²) in [5.41, 5.74) is 1.46. The van der Waals surface area contributed by atoms with Crippen molar-refractivity contribution >= 4 is 29.0 Å². The minimum atomic E-state index is -0.412. The number of ether oxygens (including phenoxy) is 1. The quantitative estimate of drug-likeness (QED) is 0.838. The topological polar surface area (TPSA) is 58.6 Å². The first-order valence-corrected chi connectivity index (χ1v) is 6.73. The first-order valence-electron chi connectivity index (χ1n) is 5.86. The number of anilines is 1. The standard InChI is InChI=1S/C12H16N2O3S/c1-8-7-18-10(11(15)17-2)9(8)13-12(16)14-5-3-4-6-14/h7H,3-6H2,1-2H3,(H,13,16). The molecule has 18 heavy (non-hydrogen) atoms. The van der Waals surface area contributed by atoms with Crippen molar-refractivity contribution in [2.75, 3.05) is 25.5 Å². The Balaban J connectivity index is 2.15. The van der Waals surface area contributed by atoms with Gasteiger partial charge in [-0.15, -0.1) is 11.3 Å². The van der Waals surface area contributed by atoms with Crippen LogP contribution in [0.25, 0.3) is 0 Å². The number of amides is 2. The predicted octanol–water partition coefficient (Wildman–Crippen LogP) is 2.47. The van der Waals surface area contributed by atoms with E-state index in [4.69, 9.17) is 4.74 Å². The zero-order valence-corrected chi connectivity index (χ0v) is 11.3. The normalized spacial score (nSPS) is 14.7. The lowest BCUT2D eigenvalue weighted by molar-refractivity contribution is 0.0607. The molecule has 0 bridgehead atoms. The van der Waals surface area contributed by atoms with Crippen molar-refractivity contribution < 1.29 is 14.3 Å². The number of esters is 1. The molecular weight excluding hydrogens is 252 g/mol. The van der Waals surface area contributed by atoms with Crippen LogP contribution < -0.4 is 5.32 Å². The molecule has 0 aromatic carbocycles. The Kier molecular flexibility index (Phi) is 3.86. The molecule has 1 fully saturated rings. The van der Waals surface area contributed by atoms with Gasteiger partial charge in [0.05, 0.1) is 12.8 Å². The van der Waals surface area contributed by atoms with Gasteiger partial charge >= 0.3 is 12.0 Å². The first kappa shape index (κ1) is 12.9. The van der Waals surface area contributed by atoms with Crippen molar-refractivity contribution in [1.82, 2.24) is 4.90 Å². The summed E-state index contributed by atoms with van der Waals surface area (Å²) in [4.78, 5) is 25.8. The van der Waals surface area contributed by atoms with Gasteiger partial charge in [-0.25, -0.2) is 9.59 Å². The Bertz CT molecular complexity index is 464. The van der Waals surface area contributed by atoms with Crippen molar-refractivity contribution in [2.45, 2.75) is 19.8 Å². The number of nitrogens with zero attached hydrogens (tertiary/aromatic N) is 1. The number of nitrogens with one attached hydrogen (secondary N) is 1. The number of aryl methyl sites for hydroxylation is 1. The van der Waals surface area contributed by atoms with Gasteiger partial charge < -0.3 is 15.0 Å². The molecule has 1 saturated heterocycles. The number of carbonyl (C=O) groups is 2. The summed E-state index contributed by atoms with van der Waals surface area (Å²) < 4.78 is 4.70. The molecular formula is C12H16N2O3S. The minimum absolute atomic E-state index is 0.140. The van der Waals surface area contributed by atoms with E-state index in [0.717, 1.165) is 31.5 Å². The van der Waals surface area contributed by atoms with E-state index in [2.05, 4.69) is 5.32 Å². The first-order chi connectivity index (χ1) is 8.63. The summed E-state index contributed by atoms with van der Waals surface area (Å²) in [6, 6.07) is -0.140. The molecule has 0 radical (unpaired) electrons. The molecule has 5 nitrogen and oxygen atoms in total. The number of hydrogen-bond acceptors (Lipinski definition) is 4. The van der Waals surface area contributed by atoms with Gasteiger partial charge in [0.1, 0.15) is 4.88 Å². The van der Waals surface area contributed by atoms with Gasteiger partial charge in [-0.05, 0) is 30.7 Å². The Hall–Kier alpha value is -1.56. The third-order valence-corrected chi connectivity index (χ3v) is 4.05. The second-order valence-electron chi connectivity index (χ2n) is 4.24. The van der Waals surface area contributed by atoms with Crippen molar-refractivity contribution in [3.05, 3.63) is 15.8 Å². The van der Waals surface area contributed by atoms with Gasteiger partial charge in [0.15, 0.2) is 0 Å². The number of rotatable bonds is 2. The molecule has 2 heterocycles. The van der Waals surface area contributed by atoms with Crippen LogP contribution in [0, 0.1) is 6.92 Å². The fourth-order valence-corrected chi connectivity index (χ4v) is 2.87. The number of urea groups is 1. The maximum Gasteiger partial charge on any atom is 0.350 e. The average molecular weight is 268 g/mol. The molecule has 1 aromatic rings. The van der Waals surface area contributed by atoms with Crippen molar-refractivity contribution in [3.63, 3.8) is 0 Å². The van der Waals surface area contributed by atoms with Crippen LogP contribution in [-0.2, 0) is 4.74 Å². The summed E-state index contributed by atoms with van der Waals surface area (Å²) in [6.07, 6.45) is 2.08. The van der Waals surface area contributed by atoms with Crippen LogP contribution in [-0.4, -0.2) is 37.1 Å². The van der Waals surface area contributed by atoms with Crippen molar-refractivity contribution in [2.24, 2.45) is 0 Å². The third kappa shape index (κ3) is 2.48. The van der Waals surface area contributed by atoms with E-state index >= 15 is 0 Å². The van der Waals surface area contributed by atoms with E-state index in [0.29, 0.717) is 10.6 Å². The lowest BCUT2D eigenvalue weighted by Gasteiger charge is -2.16. The van der Waals surface area contributed by atoms with Crippen LogP contribution in [0.2, 0.25) is 0 Å². The number of methoxy groups -OCH3 is 1. The van der Waals surface area contributed by atoms with Gasteiger partial charge in [0.2, 0.25) is 0 Å². The molecule has 2 amide bonds. The van der Waals surface area contributed by atoms with Crippen LogP contribution in [0.3, 0.4) is 0 Å². The zero-order valence-electron chi connectivity index (χ0n) is 10.5. The van der Waals surface area contributed by atoms with Gasteiger partial charge in [-0.2, -0.15) is 0 Å². The van der Waals surface area contributed by atoms with Gasteiger partial charge in [0.25, 0.3) is 0 Å². The van der Waals surface area contributed by atoms with E-state index in [9.17, 15) is 9.59 Å². The van der Waals surface area contributed by atoms with Crippen molar-refractivity contribution in [1.29, 1.82) is 0 Å². The third-order valence-electron chi connectivity index (χ3n) is 2.97. The van der Waals surface area contributed by atoms with Gasteiger partial charge in [-0.3, -0.25) is 0 Å². The Morgan fingerprint density at radius 1 is 1.39 bits per heavy atom. The smallest absolute Gasteiger partial charge is 0.350 e. The SMILES string of the molecule is COC(=O)c1scc(C)c1NC(=O)N1CCCC1. The van der Waals surface area contributed by atoms with Crippen LogP contribution in [0.4, 0.5) is 10.5 Å². The van der Waals surface area contributed by atoms with E-state index < -0.39 is 5.97 Å². The number of likely N-dealkylation sites (tertiary alicyclic amines) is 1. The monoisotopic (exact) mass is 268 g/mol. The molecule has 0 saturated carbocycles. The summed E-state index contributed by atoms with van der Waals surface area (Å²) in [5.74, 6) is -0.412. The van der Waals surface area contributed by atoms with Crippen LogP contribution >= 0.6 is 11.3 Å². The molecule has 1 aromatic heterocycles. The highest BCUT2D eigenvalue weighted by Gasteiger charge is 2.22. The molecule has 98 valence electrons. The zero-order chi connectivity index (χ0) is 13.1. The fraction of sp³-hybridized carbons (Fsp3) is 0.500. The highest BCUT2D eigenvalue weighted by molar-refractivity contribution is 7.12. The molecule has 0 aliphatic carbocycles. The second kappa shape index (κ2) is 5.39. The van der Waals surface area contributed by atoms with Crippen LogP contribution in [0.5, 0.6) is 0 Å². The summed E-state index contributed by atoms with van der Waals surface area (Å²) in [7, 11) is 1.34. The minimum Gasteiger partial charge on any atom is -0.465 e.